The van der Waals surface area contributed by atoms with Gasteiger partial charge in [0.1, 0.15) is 12.7 Å². The SMILES string of the molecule is O=C(Nc1cc(Cl)ccc1Cl)OCC1CNCCO1. The lowest BCUT2D eigenvalue weighted by molar-refractivity contribution is -0.00984. The molecule has 7 heteroatoms. The van der Waals surface area contributed by atoms with Crippen molar-refractivity contribution in [2.75, 3.05) is 31.6 Å². The molecule has 0 spiro atoms. The normalized spacial score (nSPS) is 18.9. The van der Waals surface area contributed by atoms with E-state index in [1.54, 1.807) is 18.2 Å². The number of anilines is 1. The Hall–Kier alpha value is -1.01. The summed E-state index contributed by atoms with van der Waals surface area (Å²) in [5.41, 5.74) is 0.418. The minimum absolute atomic E-state index is 0.116. The standard InChI is InChI=1S/C12H14Cl2N2O3/c13-8-1-2-10(14)11(5-8)16-12(17)19-7-9-6-15-3-4-18-9/h1-2,5,9,15H,3-4,6-7H2,(H,16,17). The lowest BCUT2D eigenvalue weighted by Crippen LogP contribution is -2.41. The molecule has 0 radical (unpaired) electrons. The van der Waals surface area contributed by atoms with Gasteiger partial charge < -0.3 is 14.8 Å². The number of carbonyl (C=O) groups is 1. The molecule has 1 aromatic carbocycles. The van der Waals surface area contributed by atoms with Gasteiger partial charge in [0.25, 0.3) is 0 Å². The number of nitrogens with one attached hydrogen (secondary N) is 2. The molecule has 1 aromatic rings. The van der Waals surface area contributed by atoms with Crippen molar-refractivity contribution in [1.82, 2.24) is 5.32 Å². The van der Waals surface area contributed by atoms with E-state index in [4.69, 9.17) is 32.7 Å². The molecule has 1 aliphatic heterocycles. The fraction of sp³-hybridized carbons (Fsp3) is 0.417. The Kier molecular flexibility index (Phi) is 5.27. The zero-order valence-electron chi connectivity index (χ0n) is 10.1. The number of ether oxygens (including phenoxy) is 2. The molecule has 1 saturated heterocycles. The Labute approximate surface area is 121 Å². The summed E-state index contributed by atoms with van der Waals surface area (Å²) >= 11 is 11.7. The number of rotatable bonds is 3. The van der Waals surface area contributed by atoms with Gasteiger partial charge in [-0.25, -0.2) is 4.79 Å². The predicted molar refractivity (Wildman–Crippen MR) is 74.0 cm³/mol. The maximum absolute atomic E-state index is 11.6. The fourth-order valence-electron chi connectivity index (χ4n) is 1.63. The van der Waals surface area contributed by atoms with Crippen molar-refractivity contribution < 1.29 is 14.3 Å². The molecule has 0 aliphatic carbocycles. The van der Waals surface area contributed by atoms with Gasteiger partial charge in [0.15, 0.2) is 0 Å². The van der Waals surface area contributed by atoms with Gasteiger partial charge in [0, 0.05) is 18.1 Å². The van der Waals surface area contributed by atoms with E-state index < -0.39 is 6.09 Å². The Bertz CT molecular complexity index is 451. The van der Waals surface area contributed by atoms with Crippen LogP contribution in [0, 0.1) is 0 Å². The summed E-state index contributed by atoms with van der Waals surface area (Å²) in [4.78, 5) is 11.6. The van der Waals surface area contributed by atoms with E-state index >= 15 is 0 Å². The topological polar surface area (TPSA) is 59.6 Å². The Morgan fingerprint density at radius 1 is 1.53 bits per heavy atom. The molecular weight excluding hydrogens is 291 g/mol. The van der Waals surface area contributed by atoms with Crippen LogP contribution in [0.1, 0.15) is 0 Å². The van der Waals surface area contributed by atoms with Crippen LogP contribution in [0.5, 0.6) is 0 Å². The monoisotopic (exact) mass is 304 g/mol. The lowest BCUT2D eigenvalue weighted by atomic mass is 10.3. The van der Waals surface area contributed by atoms with Crippen LogP contribution in [0.25, 0.3) is 0 Å². The summed E-state index contributed by atoms with van der Waals surface area (Å²) < 4.78 is 10.5. The van der Waals surface area contributed by atoms with Crippen molar-refractivity contribution >= 4 is 35.0 Å². The second-order valence-corrected chi connectivity index (χ2v) is 4.89. The summed E-state index contributed by atoms with van der Waals surface area (Å²) in [6.45, 7) is 2.30. The van der Waals surface area contributed by atoms with Gasteiger partial charge in [-0.05, 0) is 18.2 Å². The first kappa shape index (κ1) is 14.4. The third-order valence-corrected chi connectivity index (χ3v) is 3.13. The van der Waals surface area contributed by atoms with E-state index in [2.05, 4.69) is 10.6 Å². The first-order valence-corrected chi connectivity index (χ1v) is 6.62. The highest BCUT2D eigenvalue weighted by Gasteiger charge is 2.16. The van der Waals surface area contributed by atoms with E-state index in [0.29, 0.717) is 28.9 Å². The molecular formula is C12H14Cl2N2O3. The van der Waals surface area contributed by atoms with E-state index in [1.165, 1.54) is 0 Å². The van der Waals surface area contributed by atoms with Gasteiger partial charge in [0.2, 0.25) is 0 Å². The molecule has 0 saturated carbocycles. The van der Waals surface area contributed by atoms with Crippen LogP contribution >= 0.6 is 23.2 Å². The molecule has 104 valence electrons. The second kappa shape index (κ2) is 6.96. The van der Waals surface area contributed by atoms with Crippen LogP contribution in [0.3, 0.4) is 0 Å². The van der Waals surface area contributed by atoms with Gasteiger partial charge in [-0.3, -0.25) is 5.32 Å². The molecule has 1 fully saturated rings. The Morgan fingerprint density at radius 2 is 2.37 bits per heavy atom. The minimum atomic E-state index is -0.585. The van der Waals surface area contributed by atoms with Gasteiger partial charge in [-0.2, -0.15) is 0 Å². The average Bonchev–Trinajstić information content (AvgIpc) is 2.42. The van der Waals surface area contributed by atoms with Crippen LogP contribution in [-0.2, 0) is 9.47 Å². The molecule has 1 heterocycles. The smallest absolute Gasteiger partial charge is 0.411 e. The highest BCUT2D eigenvalue weighted by Crippen LogP contribution is 2.25. The summed E-state index contributed by atoms with van der Waals surface area (Å²) in [6.07, 6.45) is -0.701. The van der Waals surface area contributed by atoms with Crippen molar-refractivity contribution in [1.29, 1.82) is 0 Å². The maximum atomic E-state index is 11.6. The van der Waals surface area contributed by atoms with Crippen molar-refractivity contribution in [2.24, 2.45) is 0 Å². The minimum Gasteiger partial charge on any atom is -0.446 e. The van der Waals surface area contributed by atoms with E-state index in [1.807, 2.05) is 0 Å². The van der Waals surface area contributed by atoms with Crippen LogP contribution in [0.4, 0.5) is 10.5 Å². The number of hydrogen-bond donors (Lipinski definition) is 2. The summed E-state index contributed by atoms with van der Waals surface area (Å²) in [5, 5.41) is 6.57. The van der Waals surface area contributed by atoms with E-state index in [9.17, 15) is 4.79 Å². The zero-order chi connectivity index (χ0) is 13.7. The van der Waals surface area contributed by atoms with Crippen LogP contribution in [0.15, 0.2) is 18.2 Å². The number of carbonyl (C=O) groups excluding carboxylic acids is 1. The van der Waals surface area contributed by atoms with Gasteiger partial charge >= 0.3 is 6.09 Å². The quantitative estimate of drug-likeness (QED) is 0.901. The summed E-state index contributed by atoms with van der Waals surface area (Å²) in [7, 11) is 0. The predicted octanol–water partition coefficient (Wildman–Crippen LogP) is 2.53. The molecule has 2 rings (SSSR count). The van der Waals surface area contributed by atoms with Gasteiger partial charge in [-0.1, -0.05) is 23.2 Å². The number of morpholine rings is 1. The molecule has 1 amide bonds. The molecule has 0 bridgehead atoms. The molecule has 0 aromatic heterocycles. The molecule has 2 N–H and O–H groups in total. The van der Waals surface area contributed by atoms with Crippen molar-refractivity contribution in [3.05, 3.63) is 28.2 Å². The summed E-state index contributed by atoms with van der Waals surface area (Å²) in [6, 6.07) is 4.80. The van der Waals surface area contributed by atoms with Crippen molar-refractivity contribution in [3.8, 4) is 0 Å². The number of amides is 1. The van der Waals surface area contributed by atoms with Gasteiger partial charge in [-0.15, -0.1) is 0 Å². The second-order valence-electron chi connectivity index (χ2n) is 4.04. The van der Waals surface area contributed by atoms with Gasteiger partial charge in [0.05, 0.1) is 17.3 Å². The maximum Gasteiger partial charge on any atom is 0.411 e. The number of halogens is 2. The first-order valence-electron chi connectivity index (χ1n) is 5.86. The fourth-order valence-corrected chi connectivity index (χ4v) is 1.97. The molecule has 1 aliphatic rings. The molecule has 1 atom stereocenters. The number of hydrogen-bond acceptors (Lipinski definition) is 4. The lowest BCUT2D eigenvalue weighted by Gasteiger charge is -2.23. The van der Waals surface area contributed by atoms with Crippen LogP contribution < -0.4 is 10.6 Å². The zero-order valence-corrected chi connectivity index (χ0v) is 11.6. The molecule has 5 nitrogen and oxygen atoms in total. The largest absolute Gasteiger partial charge is 0.446 e. The van der Waals surface area contributed by atoms with Crippen LogP contribution in [-0.4, -0.2) is 38.5 Å². The third kappa shape index (κ3) is 4.54. The number of benzene rings is 1. The molecule has 1 unspecified atom stereocenters. The Balaban J connectivity index is 1.81. The van der Waals surface area contributed by atoms with Crippen molar-refractivity contribution in [2.45, 2.75) is 6.10 Å². The first-order chi connectivity index (χ1) is 9.15. The summed E-state index contributed by atoms with van der Waals surface area (Å²) in [5.74, 6) is 0. The molecule has 19 heavy (non-hydrogen) atoms. The van der Waals surface area contributed by atoms with E-state index in [0.717, 1.165) is 6.54 Å². The van der Waals surface area contributed by atoms with Crippen molar-refractivity contribution in [3.63, 3.8) is 0 Å². The Morgan fingerprint density at radius 3 is 3.11 bits per heavy atom. The highest BCUT2D eigenvalue weighted by molar-refractivity contribution is 6.35. The van der Waals surface area contributed by atoms with Crippen LogP contribution in [0.2, 0.25) is 10.0 Å². The van der Waals surface area contributed by atoms with E-state index in [-0.39, 0.29) is 12.7 Å². The average molecular weight is 305 g/mol. The highest BCUT2D eigenvalue weighted by atomic mass is 35.5. The third-order valence-electron chi connectivity index (χ3n) is 2.57.